The second-order valence-corrected chi connectivity index (χ2v) is 10.2. The average molecular weight is 485 g/mol. The number of aromatic nitrogens is 3. The summed E-state index contributed by atoms with van der Waals surface area (Å²) in [5.74, 6) is -1.11. The van der Waals surface area contributed by atoms with Crippen LogP contribution in [0.3, 0.4) is 0 Å². The Bertz CT molecular complexity index is 1170. The Morgan fingerprint density at radius 1 is 1.29 bits per heavy atom. The Hall–Kier alpha value is -3.24. The van der Waals surface area contributed by atoms with Gasteiger partial charge in [0.25, 0.3) is 5.91 Å². The number of carboxylic acids is 1. The maximum Gasteiger partial charge on any atom is 0.334 e. The van der Waals surface area contributed by atoms with E-state index in [1.807, 2.05) is 6.07 Å². The number of carbonyl (C=O) groups is 2. The van der Waals surface area contributed by atoms with Crippen LogP contribution in [-0.4, -0.2) is 55.4 Å². The summed E-state index contributed by atoms with van der Waals surface area (Å²) in [5, 5.41) is 17.0. The molecule has 0 bridgehead atoms. The van der Waals surface area contributed by atoms with Crippen molar-refractivity contribution in [1.29, 1.82) is 0 Å². The molecule has 2 aromatic heterocycles. The summed E-state index contributed by atoms with van der Waals surface area (Å²) in [6.07, 6.45) is 3.05. The molecule has 0 spiro atoms. The zero-order chi connectivity index (χ0) is 24.7. The van der Waals surface area contributed by atoms with Crippen molar-refractivity contribution < 1.29 is 24.2 Å². The number of rotatable bonds is 6. The van der Waals surface area contributed by atoms with E-state index < -0.39 is 29.7 Å². The van der Waals surface area contributed by atoms with E-state index in [0.29, 0.717) is 16.3 Å². The predicted octanol–water partition coefficient (Wildman–Crippen LogP) is 3.73. The van der Waals surface area contributed by atoms with Gasteiger partial charge in [-0.2, -0.15) is 5.10 Å². The Labute approximate surface area is 201 Å². The molecule has 1 aliphatic heterocycles. The SMILES string of the molecule is COc1cc(C(=O)N2C(c3nccs3)OC(C)C2(Cn2cccn2)C(=O)O)ccc1C(C)(C)C. The van der Waals surface area contributed by atoms with Crippen molar-refractivity contribution in [3.63, 3.8) is 0 Å². The van der Waals surface area contributed by atoms with Crippen LogP contribution in [0.15, 0.2) is 48.2 Å². The molecule has 3 unspecified atom stereocenters. The molecule has 3 aromatic rings. The number of carboxylic acid groups (broad SMARTS) is 1. The van der Waals surface area contributed by atoms with Crippen molar-refractivity contribution in [3.8, 4) is 5.75 Å². The first-order valence-corrected chi connectivity index (χ1v) is 11.8. The molecule has 180 valence electrons. The quantitative estimate of drug-likeness (QED) is 0.568. The molecule has 1 N–H and O–H groups in total. The van der Waals surface area contributed by atoms with E-state index in [1.165, 1.54) is 20.9 Å². The van der Waals surface area contributed by atoms with Crippen LogP contribution >= 0.6 is 11.3 Å². The molecule has 0 saturated carbocycles. The van der Waals surface area contributed by atoms with E-state index in [9.17, 15) is 14.7 Å². The standard InChI is InChI=1S/C24H28N4O5S/c1-15-24(22(30)31,14-27-11-6-9-26-27)28(21(33-15)19-25-10-12-34-19)20(29)16-7-8-17(23(2,3)4)18(13-16)32-5/h6-13,15,21H,14H2,1-5H3,(H,30,31). The highest BCUT2D eigenvalue weighted by Gasteiger charge is 2.61. The first-order chi connectivity index (χ1) is 16.1. The summed E-state index contributed by atoms with van der Waals surface area (Å²) in [5.41, 5.74) is -0.674. The number of ether oxygens (including phenoxy) is 2. The fourth-order valence-corrected chi connectivity index (χ4v) is 5.02. The number of nitrogens with zero attached hydrogens (tertiary/aromatic N) is 4. The average Bonchev–Trinajstić information content (AvgIpc) is 3.54. The maximum absolute atomic E-state index is 14.1. The van der Waals surface area contributed by atoms with Gasteiger partial charge in [-0.3, -0.25) is 14.4 Å². The third kappa shape index (κ3) is 3.97. The van der Waals surface area contributed by atoms with Gasteiger partial charge in [0.2, 0.25) is 0 Å². The molecule has 1 fully saturated rings. The molecule has 1 aromatic carbocycles. The van der Waals surface area contributed by atoms with Gasteiger partial charge in [-0.1, -0.05) is 26.8 Å². The molecule has 3 heterocycles. The summed E-state index contributed by atoms with van der Waals surface area (Å²) in [6, 6.07) is 6.91. The van der Waals surface area contributed by atoms with Gasteiger partial charge in [0, 0.05) is 29.5 Å². The molecule has 0 aliphatic carbocycles. The van der Waals surface area contributed by atoms with Crippen LogP contribution in [0.25, 0.3) is 0 Å². The third-order valence-electron chi connectivity index (χ3n) is 6.14. The lowest BCUT2D eigenvalue weighted by atomic mass is 9.85. The van der Waals surface area contributed by atoms with Gasteiger partial charge in [-0.25, -0.2) is 9.78 Å². The number of hydrogen-bond acceptors (Lipinski definition) is 7. The molecular weight excluding hydrogens is 456 g/mol. The van der Waals surface area contributed by atoms with Crippen molar-refractivity contribution in [1.82, 2.24) is 19.7 Å². The number of amides is 1. The molecule has 3 atom stereocenters. The van der Waals surface area contributed by atoms with Gasteiger partial charge in [-0.05, 0) is 36.1 Å². The minimum atomic E-state index is -1.71. The van der Waals surface area contributed by atoms with Crippen molar-refractivity contribution in [3.05, 3.63) is 64.4 Å². The van der Waals surface area contributed by atoms with Gasteiger partial charge >= 0.3 is 5.97 Å². The molecule has 10 heteroatoms. The molecule has 1 aliphatic rings. The van der Waals surface area contributed by atoms with E-state index in [-0.39, 0.29) is 12.0 Å². The van der Waals surface area contributed by atoms with Crippen LogP contribution in [0, 0.1) is 0 Å². The molecule has 0 radical (unpaired) electrons. The fraction of sp³-hybridized carbons (Fsp3) is 0.417. The second kappa shape index (κ2) is 8.84. The number of hydrogen-bond donors (Lipinski definition) is 1. The summed E-state index contributed by atoms with van der Waals surface area (Å²) >= 11 is 1.30. The van der Waals surface area contributed by atoms with Crippen molar-refractivity contribution >= 4 is 23.2 Å². The van der Waals surface area contributed by atoms with Crippen LogP contribution in [0.1, 0.15) is 54.9 Å². The number of benzene rings is 1. The van der Waals surface area contributed by atoms with E-state index in [1.54, 1.807) is 56.2 Å². The number of carbonyl (C=O) groups excluding carboxylic acids is 1. The number of aliphatic carboxylic acids is 1. The van der Waals surface area contributed by atoms with Crippen LogP contribution in [-0.2, 0) is 21.5 Å². The van der Waals surface area contributed by atoms with Gasteiger partial charge in [0.05, 0.1) is 19.8 Å². The van der Waals surface area contributed by atoms with Gasteiger partial charge < -0.3 is 14.6 Å². The summed E-state index contributed by atoms with van der Waals surface area (Å²) in [4.78, 5) is 32.5. The first-order valence-electron chi connectivity index (χ1n) is 10.9. The van der Waals surface area contributed by atoms with Gasteiger partial charge in [0.15, 0.2) is 11.8 Å². The zero-order valence-electron chi connectivity index (χ0n) is 19.8. The van der Waals surface area contributed by atoms with E-state index in [2.05, 4.69) is 30.9 Å². The van der Waals surface area contributed by atoms with Crippen molar-refractivity contribution in [2.45, 2.75) is 57.5 Å². The molecule has 1 saturated heterocycles. The van der Waals surface area contributed by atoms with Crippen LogP contribution in [0.4, 0.5) is 0 Å². The Kier molecular flexibility index (Phi) is 6.22. The number of methoxy groups -OCH3 is 1. The topological polar surface area (TPSA) is 107 Å². The Morgan fingerprint density at radius 2 is 2.06 bits per heavy atom. The maximum atomic E-state index is 14.1. The zero-order valence-corrected chi connectivity index (χ0v) is 20.6. The van der Waals surface area contributed by atoms with Crippen molar-refractivity contribution in [2.75, 3.05) is 7.11 Å². The molecular formula is C24H28N4O5S. The minimum Gasteiger partial charge on any atom is -0.496 e. The van der Waals surface area contributed by atoms with Crippen LogP contribution in [0.2, 0.25) is 0 Å². The lowest BCUT2D eigenvalue weighted by molar-refractivity contribution is -0.151. The predicted molar refractivity (Wildman–Crippen MR) is 126 cm³/mol. The van der Waals surface area contributed by atoms with Crippen molar-refractivity contribution in [2.24, 2.45) is 0 Å². The monoisotopic (exact) mass is 484 g/mol. The first kappa shape index (κ1) is 23.9. The Morgan fingerprint density at radius 3 is 2.62 bits per heavy atom. The van der Waals surface area contributed by atoms with Crippen LogP contribution < -0.4 is 4.74 Å². The molecule has 9 nitrogen and oxygen atoms in total. The molecule has 4 rings (SSSR count). The molecule has 1 amide bonds. The summed E-state index contributed by atoms with van der Waals surface area (Å²) in [6.45, 7) is 7.75. The summed E-state index contributed by atoms with van der Waals surface area (Å²) < 4.78 is 13.2. The normalized spacial score (nSPS) is 22.7. The van der Waals surface area contributed by atoms with Gasteiger partial charge in [-0.15, -0.1) is 11.3 Å². The third-order valence-corrected chi connectivity index (χ3v) is 6.95. The van der Waals surface area contributed by atoms with Gasteiger partial charge in [0.1, 0.15) is 10.8 Å². The van der Waals surface area contributed by atoms with Crippen LogP contribution in [0.5, 0.6) is 5.75 Å². The lowest BCUT2D eigenvalue weighted by Gasteiger charge is -2.37. The highest BCUT2D eigenvalue weighted by molar-refractivity contribution is 7.09. The smallest absolute Gasteiger partial charge is 0.334 e. The fourth-order valence-electron chi connectivity index (χ4n) is 4.36. The second-order valence-electron chi connectivity index (χ2n) is 9.27. The molecule has 34 heavy (non-hydrogen) atoms. The largest absolute Gasteiger partial charge is 0.496 e. The van der Waals surface area contributed by atoms with E-state index in [4.69, 9.17) is 9.47 Å². The summed E-state index contributed by atoms with van der Waals surface area (Å²) in [7, 11) is 1.55. The number of thiazole rings is 1. The minimum absolute atomic E-state index is 0.0820. The highest BCUT2D eigenvalue weighted by atomic mass is 32.1. The lowest BCUT2D eigenvalue weighted by Crippen LogP contribution is -2.60. The van der Waals surface area contributed by atoms with E-state index >= 15 is 0 Å². The Balaban J connectivity index is 1.86. The highest BCUT2D eigenvalue weighted by Crippen LogP contribution is 2.45. The van der Waals surface area contributed by atoms with E-state index in [0.717, 1.165) is 5.56 Å².